The molecule has 0 fully saturated rings. The van der Waals surface area contributed by atoms with Crippen molar-refractivity contribution < 1.29 is 14.7 Å². The minimum absolute atomic E-state index is 0.214. The molecule has 1 aromatic rings. The molecular formula is C9H16N6O3. The second kappa shape index (κ2) is 5.94. The zero-order chi connectivity index (χ0) is 13.7. The molecule has 2 amide bonds. The van der Waals surface area contributed by atoms with Gasteiger partial charge in [0, 0.05) is 0 Å². The first-order chi connectivity index (χ1) is 8.41. The fourth-order valence-electron chi connectivity index (χ4n) is 1.31. The van der Waals surface area contributed by atoms with Crippen LogP contribution in [-0.4, -0.2) is 43.8 Å². The molecule has 0 aliphatic carbocycles. The third kappa shape index (κ3) is 3.68. The Kier molecular flexibility index (Phi) is 4.58. The van der Waals surface area contributed by atoms with Crippen LogP contribution in [0.5, 0.6) is 0 Å². The maximum absolute atomic E-state index is 11.6. The van der Waals surface area contributed by atoms with Gasteiger partial charge in [0.05, 0.1) is 6.04 Å². The molecule has 4 N–H and O–H groups in total. The van der Waals surface area contributed by atoms with E-state index in [0.29, 0.717) is 5.82 Å². The Labute approximate surface area is 103 Å². The van der Waals surface area contributed by atoms with Gasteiger partial charge in [-0.05, 0) is 12.8 Å². The molecular weight excluding hydrogens is 240 g/mol. The van der Waals surface area contributed by atoms with E-state index in [0.717, 1.165) is 0 Å². The Morgan fingerprint density at radius 1 is 1.28 bits per heavy atom. The number of aromatic nitrogens is 4. The van der Waals surface area contributed by atoms with Crippen LogP contribution in [-0.2, 0) is 4.79 Å². The van der Waals surface area contributed by atoms with Gasteiger partial charge in [-0.25, -0.2) is 9.59 Å². The molecule has 2 atom stereocenters. The molecule has 0 bridgehead atoms. The Balaban J connectivity index is 2.53. The number of hydrogen-bond donors (Lipinski definition) is 4. The lowest BCUT2D eigenvalue weighted by molar-refractivity contribution is -0.140. The van der Waals surface area contributed by atoms with Gasteiger partial charge in [-0.3, -0.25) is 0 Å². The van der Waals surface area contributed by atoms with Crippen molar-refractivity contribution in [3.05, 3.63) is 5.82 Å². The van der Waals surface area contributed by atoms with Crippen LogP contribution in [0.1, 0.15) is 32.6 Å². The molecule has 0 aliphatic heterocycles. The Morgan fingerprint density at radius 2 is 1.94 bits per heavy atom. The summed E-state index contributed by atoms with van der Waals surface area (Å²) >= 11 is 0. The number of H-pyrrole nitrogens is 1. The van der Waals surface area contributed by atoms with Gasteiger partial charge in [0.1, 0.15) is 6.04 Å². The number of aromatic amines is 1. The van der Waals surface area contributed by atoms with Gasteiger partial charge in [0.15, 0.2) is 5.82 Å². The van der Waals surface area contributed by atoms with Crippen LogP contribution >= 0.6 is 0 Å². The highest BCUT2D eigenvalue weighted by atomic mass is 16.4. The van der Waals surface area contributed by atoms with Crippen LogP contribution in [0.3, 0.4) is 0 Å². The third-order valence-electron chi connectivity index (χ3n) is 2.32. The van der Waals surface area contributed by atoms with E-state index in [4.69, 9.17) is 5.11 Å². The summed E-state index contributed by atoms with van der Waals surface area (Å²) in [5, 5.41) is 26.9. The molecule has 0 spiro atoms. The lowest BCUT2D eigenvalue weighted by atomic mass is 10.1. The molecule has 1 heterocycles. The van der Waals surface area contributed by atoms with E-state index in [1.807, 2.05) is 0 Å². The molecule has 1 aromatic heterocycles. The Morgan fingerprint density at radius 3 is 2.39 bits per heavy atom. The maximum Gasteiger partial charge on any atom is 0.326 e. The minimum Gasteiger partial charge on any atom is -0.480 e. The smallest absolute Gasteiger partial charge is 0.326 e. The van der Waals surface area contributed by atoms with Gasteiger partial charge < -0.3 is 15.7 Å². The van der Waals surface area contributed by atoms with Crippen molar-refractivity contribution in [3.8, 4) is 0 Å². The Hall–Kier alpha value is -2.19. The summed E-state index contributed by atoms with van der Waals surface area (Å²) in [5.74, 6) is -0.970. The summed E-state index contributed by atoms with van der Waals surface area (Å²) in [5.41, 5.74) is 0. The summed E-state index contributed by atoms with van der Waals surface area (Å²) < 4.78 is 0. The van der Waals surface area contributed by atoms with Gasteiger partial charge in [0.25, 0.3) is 0 Å². The van der Waals surface area contributed by atoms with E-state index in [1.165, 1.54) is 0 Å². The standard InChI is InChI=1S/C9H16N6O3/c1-4(2)6(8(16)17)11-9(18)10-5(3)7-12-14-15-13-7/h4-6H,1-3H3,(H,16,17)(H2,10,11,18)(H,12,13,14,15)/t5?,6-/m1/s1. The van der Waals surface area contributed by atoms with Gasteiger partial charge >= 0.3 is 12.0 Å². The number of tetrazole rings is 1. The van der Waals surface area contributed by atoms with E-state index in [9.17, 15) is 9.59 Å². The zero-order valence-corrected chi connectivity index (χ0v) is 10.3. The molecule has 0 aromatic carbocycles. The number of nitrogens with zero attached hydrogens (tertiary/aromatic N) is 3. The predicted molar refractivity (Wildman–Crippen MR) is 60.5 cm³/mol. The van der Waals surface area contributed by atoms with Crippen LogP contribution < -0.4 is 10.6 Å². The molecule has 0 saturated carbocycles. The second-order valence-corrected chi connectivity index (χ2v) is 4.17. The van der Waals surface area contributed by atoms with E-state index in [1.54, 1.807) is 20.8 Å². The average Bonchev–Trinajstić information content (AvgIpc) is 2.78. The SMILES string of the molecule is CC(NC(=O)N[C@@H](C(=O)O)C(C)C)c1nn[nH]n1. The first-order valence-corrected chi connectivity index (χ1v) is 5.45. The van der Waals surface area contributed by atoms with Crippen LogP contribution in [0.15, 0.2) is 0 Å². The topological polar surface area (TPSA) is 133 Å². The summed E-state index contributed by atoms with van der Waals surface area (Å²) in [6, 6.07) is -2.00. The largest absolute Gasteiger partial charge is 0.480 e. The summed E-state index contributed by atoms with van der Waals surface area (Å²) in [4.78, 5) is 22.5. The number of rotatable bonds is 5. The third-order valence-corrected chi connectivity index (χ3v) is 2.32. The van der Waals surface area contributed by atoms with Gasteiger partial charge in [0.2, 0.25) is 0 Å². The summed E-state index contributed by atoms with van der Waals surface area (Å²) in [6.07, 6.45) is 0. The Bertz CT molecular complexity index is 404. The highest BCUT2D eigenvalue weighted by molar-refractivity contribution is 5.82. The quantitative estimate of drug-likeness (QED) is 0.570. The number of nitrogens with one attached hydrogen (secondary N) is 3. The van der Waals surface area contributed by atoms with Crippen molar-refractivity contribution in [2.75, 3.05) is 0 Å². The minimum atomic E-state index is -1.08. The maximum atomic E-state index is 11.6. The summed E-state index contributed by atoms with van der Waals surface area (Å²) in [6.45, 7) is 5.08. The second-order valence-electron chi connectivity index (χ2n) is 4.17. The van der Waals surface area contributed by atoms with E-state index >= 15 is 0 Å². The number of carbonyl (C=O) groups is 2. The van der Waals surface area contributed by atoms with Crippen molar-refractivity contribution in [2.45, 2.75) is 32.9 Å². The molecule has 1 rings (SSSR count). The van der Waals surface area contributed by atoms with Gasteiger partial charge in [-0.15, -0.1) is 10.2 Å². The fourth-order valence-corrected chi connectivity index (χ4v) is 1.31. The van der Waals surface area contributed by atoms with Crippen LogP contribution in [0, 0.1) is 5.92 Å². The van der Waals surface area contributed by atoms with Crippen molar-refractivity contribution in [1.82, 2.24) is 31.3 Å². The molecule has 0 aliphatic rings. The molecule has 1 unspecified atom stereocenters. The van der Waals surface area contributed by atoms with Crippen LogP contribution in [0.4, 0.5) is 4.79 Å². The number of aliphatic carboxylic acids is 1. The first-order valence-electron chi connectivity index (χ1n) is 5.45. The van der Waals surface area contributed by atoms with Crippen molar-refractivity contribution >= 4 is 12.0 Å². The van der Waals surface area contributed by atoms with E-state index in [2.05, 4.69) is 31.3 Å². The average molecular weight is 256 g/mol. The number of carboxylic acids is 1. The number of urea groups is 1. The first kappa shape index (κ1) is 13.9. The highest BCUT2D eigenvalue weighted by Crippen LogP contribution is 2.04. The van der Waals surface area contributed by atoms with Gasteiger partial charge in [-0.1, -0.05) is 19.1 Å². The summed E-state index contributed by atoms with van der Waals surface area (Å²) in [7, 11) is 0. The number of carbonyl (C=O) groups excluding carboxylic acids is 1. The molecule has 18 heavy (non-hydrogen) atoms. The number of carboxylic acid groups (broad SMARTS) is 1. The van der Waals surface area contributed by atoms with E-state index in [-0.39, 0.29) is 5.92 Å². The molecule has 0 radical (unpaired) electrons. The van der Waals surface area contributed by atoms with Crippen molar-refractivity contribution in [1.29, 1.82) is 0 Å². The number of hydrogen-bond acceptors (Lipinski definition) is 5. The molecule has 100 valence electrons. The predicted octanol–water partition coefficient (Wildman–Crippen LogP) is -0.331. The number of amides is 2. The van der Waals surface area contributed by atoms with Crippen LogP contribution in [0.25, 0.3) is 0 Å². The van der Waals surface area contributed by atoms with Crippen LogP contribution in [0.2, 0.25) is 0 Å². The van der Waals surface area contributed by atoms with E-state index < -0.39 is 24.1 Å². The molecule has 9 heteroatoms. The molecule has 0 saturated heterocycles. The lowest BCUT2D eigenvalue weighted by Gasteiger charge is -2.19. The lowest BCUT2D eigenvalue weighted by Crippen LogP contribution is -2.49. The van der Waals surface area contributed by atoms with Crippen molar-refractivity contribution in [3.63, 3.8) is 0 Å². The monoisotopic (exact) mass is 256 g/mol. The fraction of sp³-hybridized carbons (Fsp3) is 0.667. The molecule has 9 nitrogen and oxygen atoms in total. The highest BCUT2D eigenvalue weighted by Gasteiger charge is 2.24. The van der Waals surface area contributed by atoms with Gasteiger partial charge in [-0.2, -0.15) is 5.21 Å². The normalized spacial score (nSPS) is 14.0. The van der Waals surface area contributed by atoms with Crippen molar-refractivity contribution in [2.24, 2.45) is 5.92 Å². The zero-order valence-electron chi connectivity index (χ0n) is 10.3.